The molecule has 0 unspecified atom stereocenters. The number of rotatable bonds is 3. The first kappa shape index (κ1) is 29.2. The van der Waals surface area contributed by atoms with Crippen LogP contribution >= 0.6 is 22.7 Å². The van der Waals surface area contributed by atoms with Gasteiger partial charge in [-0.15, -0.1) is 22.7 Å². The van der Waals surface area contributed by atoms with Crippen LogP contribution in [0.1, 0.15) is 0 Å². The van der Waals surface area contributed by atoms with E-state index in [0.29, 0.717) is 0 Å². The van der Waals surface area contributed by atoms with E-state index in [4.69, 9.17) is 9.97 Å². The van der Waals surface area contributed by atoms with Crippen molar-refractivity contribution < 1.29 is 0 Å². The number of thiophene rings is 2. The molecule has 0 radical (unpaired) electrons. The van der Waals surface area contributed by atoms with Crippen LogP contribution in [-0.4, -0.2) is 14.5 Å². The predicted molar refractivity (Wildman–Crippen MR) is 228 cm³/mol. The van der Waals surface area contributed by atoms with Gasteiger partial charge in [-0.1, -0.05) is 115 Å². The van der Waals surface area contributed by atoms with Gasteiger partial charge in [0.2, 0.25) is 0 Å². The van der Waals surface area contributed by atoms with Crippen LogP contribution in [0.3, 0.4) is 0 Å². The molecule has 0 bridgehead atoms. The fraction of sp³-hybridized carbons (Fsp3) is 0. The molecule has 8 aromatic carbocycles. The molecule has 12 rings (SSSR count). The number of benzene rings is 8. The normalized spacial score (nSPS) is 12.2. The Morgan fingerprint density at radius 1 is 0.434 bits per heavy atom. The molecule has 53 heavy (non-hydrogen) atoms. The number of hydrogen-bond donors (Lipinski definition) is 0. The predicted octanol–water partition coefficient (Wildman–Crippen LogP) is 13.9. The molecule has 3 nitrogen and oxygen atoms in total. The Labute approximate surface area is 311 Å². The van der Waals surface area contributed by atoms with E-state index in [2.05, 4.69) is 168 Å². The Hall–Kier alpha value is -6.40. The summed E-state index contributed by atoms with van der Waals surface area (Å²) in [4.78, 5) is 10.8. The van der Waals surface area contributed by atoms with Crippen molar-refractivity contribution in [2.45, 2.75) is 0 Å². The molecule has 0 saturated heterocycles. The summed E-state index contributed by atoms with van der Waals surface area (Å²) in [5, 5.41) is 11.1. The maximum Gasteiger partial charge on any atom is 0.161 e. The van der Waals surface area contributed by atoms with Gasteiger partial charge in [0.05, 0.1) is 22.2 Å². The van der Waals surface area contributed by atoms with Gasteiger partial charge in [-0.05, 0) is 59.3 Å². The van der Waals surface area contributed by atoms with Crippen molar-refractivity contribution in [2.75, 3.05) is 0 Å². The van der Waals surface area contributed by atoms with E-state index in [1.54, 1.807) is 0 Å². The molecule has 0 atom stereocenters. The third-order valence-corrected chi connectivity index (χ3v) is 13.1. The van der Waals surface area contributed by atoms with Crippen molar-refractivity contribution in [1.29, 1.82) is 0 Å². The third-order valence-electron chi connectivity index (χ3n) is 10.8. The zero-order valence-corrected chi connectivity index (χ0v) is 29.9. The summed E-state index contributed by atoms with van der Waals surface area (Å²) in [6, 6.07) is 59.4. The van der Waals surface area contributed by atoms with Crippen LogP contribution < -0.4 is 0 Å². The molecule has 0 aliphatic carbocycles. The monoisotopic (exact) mass is 709 g/mol. The van der Waals surface area contributed by atoms with Gasteiger partial charge in [-0.3, -0.25) is 0 Å². The number of hydrogen-bond acceptors (Lipinski definition) is 4. The highest BCUT2D eigenvalue weighted by Gasteiger charge is 2.21. The average Bonchev–Trinajstić information content (AvgIpc) is 3.89. The van der Waals surface area contributed by atoms with Gasteiger partial charge in [0.15, 0.2) is 5.82 Å². The fourth-order valence-corrected chi connectivity index (χ4v) is 10.8. The van der Waals surface area contributed by atoms with Crippen LogP contribution in [0.4, 0.5) is 0 Å². The van der Waals surface area contributed by atoms with E-state index in [0.717, 1.165) is 39.2 Å². The topological polar surface area (TPSA) is 30.7 Å². The SMILES string of the molecule is c1ccc2c(c1)ccc1c2c2ccccc2n1-c1cc(-c2nc(-c3ccc4c(c3)sc3ccccc34)c3ccccc3n2)c2sc3ccccc3c2c1. The highest BCUT2D eigenvalue weighted by atomic mass is 32.1. The molecule has 0 aliphatic rings. The van der Waals surface area contributed by atoms with E-state index < -0.39 is 0 Å². The molecular formula is C48H27N3S2. The van der Waals surface area contributed by atoms with E-state index in [-0.39, 0.29) is 0 Å². The third kappa shape index (κ3) is 4.26. The Balaban J connectivity index is 1.17. The summed E-state index contributed by atoms with van der Waals surface area (Å²) in [7, 11) is 0. The second-order valence-electron chi connectivity index (χ2n) is 13.7. The van der Waals surface area contributed by atoms with E-state index in [1.165, 1.54) is 72.9 Å². The first-order chi connectivity index (χ1) is 26.3. The standard InChI is InChI=1S/C48H27N3S2/c1-2-12-31-28(11-1)22-24-41-45(31)36-16-4-8-18-40(36)51(41)30-26-37-33-14-6-10-20-43(33)53-47(37)38(27-30)48-49-39-17-7-3-15-35(39)46(50-48)29-21-23-34-32-13-5-9-19-42(32)52-44(34)25-29/h1-27H. The molecule has 0 spiro atoms. The molecule has 0 aliphatic heterocycles. The minimum atomic E-state index is 0.736. The number of aromatic nitrogens is 3. The number of fused-ring (bicyclic) bond motifs is 12. The molecule has 4 aromatic heterocycles. The maximum atomic E-state index is 5.50. The lowest BCUT2D eigenvalue weighted by Crippen LogP contribution is -1.98. The fourth-order valence-electron chi connectivity index (χ4n) is 8.41. The Kier molecular flexibility index (Phi) is 6.09. The summed E-state index contributed by atoms with van der Waals surface area (Å²) in [6.07, 6.45) is 0. The molecule has 5 heteroatoms. The molecular weight excluding hydrogens is 683 g/mol. The second-order valence-corrected chi connectivity index (χ2v) is 15.9. The summed E-state index contributed by atoms with van der Waals surface area (Å²) in [5.74, 6) is 0.736. The lowest BCUT2D eigenvalue weighted by Gasteiger charge is -2.14. The molecule has 0 N–H and O–H groups in total. The minimum absolute atomic E-state index is 0.736. The van der Waals surface area contributed by atoms with Gasteiger partial charge < -0.3 is 4.57 Å². The van der Waals surface area contributed by atoms with E-state index in [1.807, 2.05) is 22.7 Å². The van der Waals surface area contributed by atoms with Gasteiger partial charge in [-0.2, -0.15) is 0 Å². The smallest absolute Gasteiger partial charge is 0.161 e. The Morgan fingerprint density at radius 3 is 1.98 bits per heavy atom. The second kappa shape index (κ2) is 11.1. The Morgan fingerprint density at radius 2 is 1.11 bits per heavy atom. The van der Waals surface area contributed by atoms with Crippen LogP contribution in [0.2, 0.25) is 0 Å². The molecule has 4 heterocycles. The quantitative estimate of drug-likeness (QED) is 0.183. The maximum absolute atomic E-state index is 5.50. The van der Waals surface area contributed by atoms with Crippen molar-refractivity contribution in [1.82, 2.24) is 14.5 Å². The van der Waals surface area contributed by atoms with Crippen LogP contribution in [0.25, 0.3) is 112 Å². The highest BCUT2D eigenvalue weighted by Crippen LogP contribution is 2.44. The lowest BCUT2D eigenvalue weighted by atomic mass is 10.0. The first-order valence-electron chi connectivity index (χ1n) is 17.8. The van der Waals surface area contributed by atoms with Gasteiger partial charge in [-0.25, -0.2) is 9.97 Å². The molecule has 246 valence electrons. The van der Waals surface area contributed by atoms with Crippen LogP contribution in [-0.2, 0) is 0 Å². The van der Waals surface area contributed by atoms with Gasteiger partial charge in [0.1, 0.15) is 0 Å². The van der Waals surface area contributed by atoms with Crippen molar-refractivity contribution in [3.05, 3.63) is 164 Å². The zero-order valence-electron chi connectivity index (χ0n) is 28.2. The summed E-state index contributed by atoms with van der Waals surface area (Å²) >= 11 is 3.66. The molecule has 0 saturated carbocycles. The highest BCUT2D eigenvalue weighted by molar-refractivity contribution is 7.26. The van der Waals surface area contributed by atoms with Crippen molar-refractivity contribution in [3.63, 3.8) is 0 Å². The number of para-hydroxylation sites is 2. The lowest BCUT2D eigenvalue weighted by molar-refractivity contribution is 1.18. The van der Waals surface area contributed by atoms with Crippen LogP contribution in [0.15, 0.2) is 164 Å². The van der Waals surface area contributed by atoms with E-state index in [9.17, 15) is 0 Å². The van der Waals surface area contributed by atoms with Crippen molar-refractivity contribution >= 4 is 106 Å². The van der Waals surface area contributed by atoms with Gasteiger partial charge in [0, 0.05) is 73.3 Å². The van der Waals surface area contributed by atoms with Gasteiger partial charge >= 0.3 is 0 Å². The summed E-state index contributed by atoms with van der Waals surface area (Å²) in [5.41, 5.74) is 7.50. The van der Waals surface area contributed by atoms with Gasteiger partial charge in [0.25, 0.3) is 0 Å². The number of nitrogens with zero attached hydrogens (tertiary/aromatic N) is 3. The minimum Gasteiger partial charge on any atom is -0.309 e. The summed E-state index contributed by atoms with van der Waals surface area (Å²) in [6.45, 7) is 0. The first-order valence-corrected chi connectivity index (χ1v) is 19.5. The largest absolute Gasteiger partial charge is 0.309 e. The average molecular weight is 710 g/mol. The zero-order chi connectivity index (χ0) is 34.6. The van der Waals surface area contributed by atoms with Crippen molar-refractivity contribution in [3.8, 4) is 28.3 Å². The molecule has 0 amide bonds. The molecule has 12 aromatic rings. The molecule has 0 fully saturated rings. The van der Waals surface area contributed by atoms with E-state index >= 15 is 0 Å². The van der Waals surface area contributed by atoms with Crippen LogP contribution in [0, 0.1) is 0 Å². The Bertz CT molecular complexity index is 3480. The summed E-state index contributed by atoms with van der Waals surface area (Å²) < 4.78 is 7.45. The van der Waals surface area contributed by atoms with Crippen LogP contribution in [0.5, 0.6) is 0 Å². The van der Waals surface area contributed by atoms with Crippen molar-refractivity contribution in [2.24, 2.45) is 0 Å².